The molecule has 33 heavy (non-hydrogen) atoms. The first-order chi connectivity index (χ1) is 15.7. The van der Waals surface area contributed by atoms with Gasteiger partial charge in [0.2, 0.25) is 5.91 Å². The number of amides is 3. The zero-order valence-corrected chi connectivity index (χ0v) is 20.1. The molecule has 0 unspecified atom stereocenters. The normalized spacial score (nSPS) is 20.6. The van der Waals surface area contributed by atoms with Crippen molar-refractivity contribution in [1.29, 1.82) is 0 Å². The number of rotatable bonds is 5. The molecule has 1 aromatic heterocycles. The Kier molecular flexibility index (Phi) is 6.97. The number of piperidine rings is 1. The van der Waals surface area contributed by atoms with Crippen LogP contribution in [0.25, 0.3) is 0 Å². The van der Waals surface area contributed by atoms with Crippen molar-refractivity contribution in [2.24, 2.45) is 0 Å². The second-order valence-corrected chi connectivity index (χ2v) is 10.4. The van der Waals surface area contributed by atoms with Crippen LogP contribution in [-0.2, 0) is 9.53 Å². The molecule has 3 fully saturated rings. The maximum absolute atomic E-state index is 13.3. The first-order valence-electron chi connectivity index (χ1n) is 12.2. The smallest absolute Gasteiger partial charge is 0.410 e. The highest BCUT2D eigenvalue weighted by Crippen LogP contribution is 2.26. The third-order valence-electron chi connectivity index (χ3n) is 6.48. The number of nitrogens with zero attached hydrogens (tertiary/aromatic N) is 4. The maximum Gasteiger partial charge on any atom is 0.410 e. The predicted octanol–water partition coefficient (Wildman–Crippen LogP) is 2.10. The Morgan fingerprint density at radius 1 is 0.970 bits per heavy atom. The largest absolute Gasteiger partial charge is 0.444 e. The Hall–Kier alpha value is -2.55. The average molecular weight is 460 g/mol. The van der Waals surface area contributed by atoms with Crippen LogP contribution in [0.3, 0.4) is 0 Å². The topological polar surface area (TPSA) is 87.1 Å². The summed E-state index contributed by atoms with van der Waals surface area (Å²) in [4.78, 5) is 43.4. The van der Waals surface area contributed by atoms with E-state index in [0.29, 0.717) is 57.5 Å². The van der Waals surface area contributed by atoms with Crippen molar-refractivity contribution in [2.45, 2.75) is 64.1 Å². The van der Waals surface area contributed by atoms with Gasteiger partial charge in [0.1, 0.15) is 11.3 Å². The summed E-state index contributed by atoms with van der Waals surface area (Å²) in [5, 5.41) is 3.03. The van der Waals surface area contributed by atoms with Crippen LogP contribution in [0.15, 0.2) is 18.3 Å². The SMILES string of the molecule is CC(C)(C)OC(=O)N1CCC(n2cccc2C(=O)N2CCN(CC(=O)NC3CC3)CC2)CC1. The van der Waals surface area contributed by atoms with Crippen LogP contribution < -0.4 is 5.32 Å². The third kappa shape index (κ3) is 6.28. The molecule has 0 atom stereocenters. The number of hydrogen-bond donors (Lipinski definition) is 1. The van der Waals surface area contributed by atoms with Crippen LogP contribution in [0.4, 0.5) is 4.79 Å². The van der Waals surface area contributed by atoms with Crippen LogP contribution in [-0.4, -0.2) is 94.6 Å². The first-order valence-corrected chi connectivity index (χ1v) is 12.2. The lowest BCUT2D eigenvalue weighted by atomic mass is 10.0. The van der Waals surface area contributed by atoms with Gasteiger partial charge in [0, 0.05) is 57.5 Å². The van der Waals surface area contributed by atoms with Gasteiger partial charge in [0.15, 0.2) is 0 Å². The minimum absolute atomic E-state index is 0.0386. The van der Waals surface area contributed by atoms with E-state index in [0.717, 1.165) is 25.7 Å². The monoisotopic (exact) mass is 459 g/mol. The molecule has 2 saturated heterocycles. The molecule has 0 bridgehead atoms. The number of piperazine rings is 1. The van der Waals surface area contributed by atoms with E-state index < -0.39 is 5.60 Å². The van der Waals surface area contributed by atoms with Gasteiger partial charge in [0.05, 0.1) is 6.54 Å². The maximum atomic E-state index is 13.3. The fourth-order valence-corrected chi connectivity index (χ4v) is 4.52. The minimum Gasteiger partial charge on any atom is -0.444 e. The van der Waals surface area contributed by atoms with Crippen molar-refractivity contribution >= 4 is 17.9 Å². The van der Waals surface area contributed by atoms with Gasteiger partial charge in [-0.3, -0.25) is 14.5 Å². The molecule has 1 N–H and O–H groups in total. The van der Waals surface area contributed by atoms with Crippen molar-refractivity contribution < 1.29 is 19.1 Å². The fourth-order valence-electron chi connectivity index (χ4n) is 4.52. The molecule has 0 radical (unpaired) electrons. The number of nitrogens with one attached hydrogen (secondary N) is 1. The number of aromatic nitrogens is 1. The lowest BCUT2D eigenvalue weighted by Gasteiger charge is -2.36. The van der Waals surface area contributed by atoms with Crippen molar-refractivity contribution in [2.75, 3.05) is 45.8 Å². The predicted molar refractivity (Wildman–Crippen MR) is 124 cm³/mol. The van der Waals surface area contributed by atoms with Crippen molar-refractivity contribution in [3.05, 3.63) is 24.0 Å². The summed E-state index contributed by atoms with van der Waals surface area (Å²) in [6.45, 7) is 9.92. The van der Waals surface area contributed by atoms with E-state index >= 15 is 0 Å². The van der Waals surface area contributed by atoms with Gasteiger partial charge in [0.25, 0.3) is 5.91 Å². The van der Waals surface area contributed by atoms with Gasteiger partial charge in [-0.05, 0) is 58.6 Å². The molecule has 3 amide bonds. The summed E-state index contributed by atoms with van der Waals surface area (Å²) in [6, 6.07) is 4.37. The summed E-state index contributed by atoms with van der Waals surface area (Å²) in [6.07, 6.45) is 5.46. The van der Waals surface area contributed by atoms with Crippen LogP contribution in [0.2, 0.25) is 0 Å². The lowest BCUT2D eigenvalue weighted by molar-refractivity contribution is -0.122. The van der Waals surface area contributed by atoms with E-state index in [1.807, 2.05) is 44.0 Å². The molecule has 2 aliphatic heterocycles. The third-order valence-corrected chi connectivity index (χ3v) is 6.48. The van der Waals surface area contributed by atoms with E-state index in [4.69, 9.17) is 4.74 Å². The highest BCUT2D eigenvalue weighted by atomic mass is 16.6. The van der Waals surface area contributed by atoms with Gasteiger partial charge < -0.3 is 24.4 Å². The van der Waals surface area contributed by atoms with Gasteiger partial charge in [-0.1, -0.05) is 0 Å². The molecule has 0 aromatic carbocycles. The summed E-state index contributed by atoms with van der Waals surface area (Å²) < 4.78 is 7.56. The standard InChI is InChI=1S/C24H37N5O4/c1-24(2,3)33-23(32)28-11-8-19(9-12-28)29-10-4-5-20(29)22(31)27-15-13-26(14-16-27)17-21(30)25-18-6-7-18/h4-5,10,18-19H,6-9,11-17H2,1-3H3,(H,25,30). The Morgan fingerprint density at radius 2 is 1.64 bits per heavy atom. The molecular weight excluding hydrogens is 422 g/mol. The highest BCUT2D eigenvalue weighted by molar-refractivity contribution is 5.93. The van der Waals surface area contributed by atoms with Crippen LogP contribution in [0.1, 0.15) is 63.0 Å². The van der Waals surface area contributed by atoms with Gasteiger partial charge >= 0.3 is 6.09 Å². The van der Waals surface area contributed by atoms with E-state index in [9.17, 15) is 14.4 Å². The molecule has 3 aliphatic rings. The zero-order chi connectivity index (χ0) is 23.6. The molecule has 1 aromatic rings. The van der Waals surface area contributed by atoms with E-state index in [2.05, 4.69) is 14.8 Å². The van der Waals surface area contributed by atoms with Crippen LogP contribution >= 0.6 is 0 Å². The lowest BCUT2D eigenvalue weighted by Crippen LogP contribution is -2.51. The Labute approximate surface area is 196 Å². The average Bonchev–Trinajstić information content (AvgIpc) is 3.44. The molecule has 3 heterocycles. The molecule has 1 aliphatic carbocycles. The summed E-state index contributed by atoms with van der Waals surface area (Å²) in [7, 11) is 0. The highest BCUT2D eigenvalue weighted by Gasteiger charge is 2.31. The Balaban J connectivity index is 1.27. The summed E-state index contributed by atoms with van der Waals surface area (Å²) >= 11 is 0. The fraction of sp³-hybridized carbons (Fsp3) is 0.708. The van der Waals surface area contributed by atoms with Crippen molar-refractivity contribution in [3.63, 3.8) is 0 Å². The molecule has 182 valence electrons. The van der Waals surface area contributed by atoms with Crippen molar-refractivity contribution in [1.82, 2.24) is 24.6 Å². The Bertz CT molecular complexity index is 856. The minimum atomic E-state index is -0.501. The van der Waals surface area contributed by atoms with Gasteiger partial charge in [-0.2, -0.15) is 0 Å². The second kappa shape index (κ2) is 9.75. The molecule has 4 rings (SSSR count). The number of carbonyl (C=O) groups excluding carboxylic acids is 3. The molecular formula is C24H37N5O4. The Morgan fingerprint density at radius 3 is 2.24 bits per heavy atom. The van der Waals surface area contributed by atoms with Gasteiger partial charge in [-0.15, -0.1) is 0 Å². The molecule has 1 saturated carbocycles. The number of likely N-dealkylation sites (tertiary alicyclic amines) is 1. The first kappa shape index (κ1) is 23.6. The summed E-state index contributed by atoms with van der Waals surface area (Å²) in [5.41, 5.74) is 0.199. The van der Waals surface area contributed by atoms with Gasteiger partial charge in [-0.25, -0.2) is 4.79 Å². The summed E-state index contributed by atoms with van der Waals surface area (Å²) in [5.74, 6) is 0.125. The van der Waals surface area contributed by atoms with E-state index in [1.54, 1.807) is 4.90 Å². The van der Waals surface area contributed by atoms with Crippen molar-refractivity contribution in [3.8, 4) is 0 Å². The zero-order valence-electron chi connectivity index (χ0n) is 20.1. The molecule has 9 nitrogen and oxygen atoms in total. The second-order valence-electron chi connectivity index (χ2n) is 10.4. The van der Waals surface area contributed by atoms with E-state index in [-0.39, 0.29) is 23.9 Å². The van der Waals surface area contributed by atoms with E-state index in [1.165, 1.54) is 0 Å². The molecule has 0 spiro atoms. The number of ether oxygens (including phenoxy) is 1. The van der Waals surface area contributed by atoms with Crippen LogP contribution in [0, 0.1) is 0 Å². The molecule has 9 heteroatoms. The van der Waals surface area contributed by atoms with Crippen LogP contribution in [0.5, 0.6) is 0 Å². The number of hydrogen-bond acceptors (Lipinski definition) is 5. The number of carbonyl (C=O) groups is 3. The quantitative estimate of drug-likeness (QED) is 0.729.